The van der Waals surface area contributed by atoms with E-state index in [9.17, 15) is 44.4 Å². The fraction of sp³-hybridized carbons (Fsp3) is 0.701. The molecule has 42 heteroatoms. The van der Waals surface area contributed by atoms with Crippen molar-refractivity contribution >= 4 is 29.8 Å². The molecule has 0 aliphatic rings. The number of esters is 1. The van der Waals surface area contributed by atoms with Gasteiger partial charge in [-0.1, -0.05) is 0 Å². The maximum atomic E-state index is 13.9. The van der Waals surface area contributed by atoms with Crippen LogP contribution >= 0.6 is 0 Å². The molecule has 0 saturated carbocycles. The SMILES string of the molecule is COCCOCCOCCOc1cc(COc2cc(COC(=O)CN(CCN(CCN(CC(=O)O)CC(=O)O)CC(=O)O)CC(=O)O)cc(OCc3cc(OCCOCCOCCOC)c(OCCOCCOCCOC)c(OCCOCCOCCOC)c3)c2)cc(OCCOCCOCCOC)c1OCCOCCOCCOC.O.[Gd+3].[Na+]. The maximum absolute atomic E-state index is 13.9. The van der Waals surface area contributed by atoms with Crippen molar-refractivity contribution in [3.8, 4) is 46.0 Å². The van der Waals surface area contributed by atoms with Gasteiger partial charge in [0.2, 0.25) is 11.5 Å². The Morgan fingerprint density at radius 1 is 0.261 bits per heavy atom. The molecule has 3 aromatic rings. The third-order valence-corrected chi connectivity index (χ3v) is 15.3. The van der Waals surface area contributed by atoms with Crippen LogP contribution in [-0.2, 0) is 134 Å². The zero-order chi connectivity index (χ0) is 84.0. The molecule has 677 valence electrons. The molecule has 0 fully saturated rings. The summed E-state index contributed by atoms with van der Waals surface area (Å²) >= 11 is 0. The monoisotopic (exact) mass is 1870 g/mol. The van der Waals surface area contributed by atoms with E-state index in [1.807, 2.05) is 0 Å². The molecule has 0 aromatic heterocycles. The first-order valence-corrected chi connectivity index (χ1v) is 38.2. The minimum atomic E-state index is -1.31. The van der Waals surface area contributed by atoms with Crippen LogP contribution in [0.5, 0.6) is 46.0 Å². The molecule has 40 nitrogen and oxygen atoms in total. The molecule has 0 bridgehead atoms. The van der Waals surface area contributed by atoms with Gasteiger partial charge in [0.05, 0.1) is 231 Å². The van der Waals surface area contributed by atoms with E-state index in [1.54, 1.807) is 85.1 Å². The van der Waals surface area contributed by atoms with Crippen molar-refractivity contribution in [1.29, 1.82) is 0 Å². The van der Waals surface area contributed by atoms with E-state index in [-0.39, 0.29) is 266 Å². The second kappa shape index (κ2) is 78.8. The number of nitrogens with zero attached hydrogens (tertiary/aromatic N) is 3. The number of carboxylic acids is 4. The Labute approximate surface area is 750 Å². The molecule has 0 atom stereocenters. The molecular formula is C77H127GdN3NaO37+4. The smallest absolute Gasteiger partial charge is 0.489 e. The van der Waals surface area contributed by atoms with E-state index in [0.29, 0.717) is 149 Å². The first-order valence-electron chi connectivity index (χ1n) is 38.2. The Morgan fingerprint density at radius 2 is 0.471 bits per heavy atom. The molecule has 0 amide bonds. The molecule has 0 spiro atoms. The fourth-order valence-corrected chi connectivity index (χ4v) is 9.81. The Kier molecular flexibility index (Phi) is 75.4. The minimum absolute atomic E-state index is 0. The summed E-state index contributed by atoms with van der Waals surface area (Å²) in [7, 11) is 9.52. The average molecular weight is 1870 g/mol. The van der Waals surface area contributed by atoms with Gasteiger partial charge in [-0.25, -0.2) is 0 Å². The zero-order valence-electron chi connectivity index (χ0n) is 70.0. The number of carbonyl (C=O) groups excluding carboxylic acids is 1. The fourth-order valence-electron chi connectivity index (χ4n) is 9.81. The normalized spacial score (nSPS) is 11.1. The summed E-state index contributed by atoms with van der Waals surface area (Å²) in [6.07, 6.45) is 0. The number of carbonyl (C=O) groups is 5. The number of benzene rings is 3. The molecule has 0 heterocycles. The summed E-state index contributed by atoms with van der Waals surface area (Å²) in [6, 6.07) is 11.8. The van der Waals surface area contributed by atoms with Crippen LogP contribution < -0.4 is 67.5 Å². The van der Waals surface area contributed by atoms with Crippen molar-refractivity contribution in [2.24, 2.45) is 0 Å². The summed E-state index contributed by atoms with van der Waals surface area (Å²) in [5.74, 6) is -4.02. The summed E-state index contributed by atoms with van der Waals surface area (Å²) in [5, 5.41) is 38.5. The van der Waals surface area contributed by atoms with E-state index in [2.05, 4.69) is 0 Å². The van der Waals surface area contributed by atoms with Crippen LogP contribution in [0.1, 0.15) is 16.7 Å². The molecule has 3 aromatic carbocycles. The summed E-state index contributed by atoms with van der Waals surface area (Å²) in [4.78, 5) is 64.9. The number of ether oxygens (including phenoxy) is 27. The van der Waals surface area contributed by atoms with Gasteiger partial charge in [-0.2, -0.15) is 0 Å². The van der Waals surface area contributed by atoms with Gasteiger partial charge in [0.15, 0.2) is 23.0 Å². The zero-order valence-corrected chi connectivity index (χ0v) is 74.3. The van der Waals surface area contributed by atoms with Gasteiger partial charge in [-0.3, -0.25) is 38.7 Å². The van der Waals surface area contributed by atoms with E-state index in [1.165, 1.54) is 9.80 Å². The number of hydrogen-bond donors (Lipinski definition) is 4. The number of methoxy groups -OCH3 is 6. The predicted molar refractivity (Wildman–Crippen MR) is 415 cm³/mol. The predicted octanol–water partition coefficient (Wildman–Crippen LogP) is -1.34. The molecule has 3 rings (SSSR count). The number of carboxylic acid groups (broad SMARTS) is 4. The Balaban J connectivity index is 0.0000464. The largest absolute Gasteiger partial charge is 3.00 e. The van der Waals surface area contributed by atoms with Crippen LogP contribution in [0.4, 0.5) is 0 Å². The molecule has 0 aliphatic heterocycles. The third kappa shape index (κ3) is 61.8. The maximum Gasteiger partial charge on any atom is 3.00 e. The van der Waals surface area contributed by atoms with E-state index in [0.717, 1.165) is 4.90 Å². The number of hydrogen-bond acceptors (Lipinski definition) is 35. The average Bonchev–Trinajstić information content (AvgIpc) is 0.820. The number of aliphatic carboxylic acids is 4. The van der Waals surface area contributed by atoms with Gasteiger partial charge in [0.1, 0.15) is 71.0 Å². The van der Waals surface area contributed by atoms with Crippen molar-refractivity contribution in [1.82, 2.24) is 14.7 Å². The summed E-state index contributed by atoms with van der Waals surface area (Å²) in [5.41, 5.74) is 1.41. The van der Waals surface area contributed by atoms with E-state index in [4.69, 9.17) is 128 Å². The second-order valence-corrected chi connectivity index (χ2v) is 24.6. The van der Waals surface area contributed by atoms with Crippen LogP contribution in [0.15, 0.2) is 42.5 Å². The van der Waals surface area contributed by atoms with Gasteiger partial charge in [-0.05, 0) is 53.1 Å². The van der Waals surface area contributed by atoms with Gasteiger partial charge >= 0.3 is 99.3 Å². The number of rotatable bonds is 84. The Hall–Kier alpha value is -5.15. The standard InChI is InChI=1S/C77H125N3O36.Gd.Na.H2O/c1-90-11-17-96-23-29-102-35-41-108-67-49-63(50-68(109-42-36-103-30-24-97-18-12-91-2)76(67)112-45-39-106-33-27-100-21-15-94-5)59-114-65-47-62(61-116-75(89)58-80(57-74(87)88)10-8-78(54-71(81)82)7-9-79(55-72(83)84)56-73(85)86)48-66(53-65)115-60-64-51-69(110-43-37-104-31-25-98-19-13-92-3)77(113-46-40-107-34-28-101-22-16-95-6)70(52-64)111-44-38-105-32-26-99-20-14-93-4;;;/h47-53H,7-46,54-61H2,1-6H3,(H,81,82)(H,83,84)(H,85,86)(H,87,88);;;1H2/q;+3;+1;. The topological polar surface area (TPSA) is 457 Å². The summed E-state index contributed by atoms with van der Waals surface area (Å²) in [6.45, 7) is 5.84. The first kappa shape index (κ1) is 114. The van der Waals surface area contributed by atoms with E-state index < -0.39 is 69.2 Å². The van der Waals surface area contributed by atoms with Crippen LogP contribution in [0.25, 0.3) is 0 Å². The second-order valence-electron chi connectivity index (χ2n) is 24.6. The Morgan fingerprint density at radius 3 is 0.723 bits per heavy atom. The molecular weight excluding hydrogens is 1740 g/mol. The first-order chi connectivity index (χ1) is 56.6. The van der Waals surface area contributed by atoms with Crippen LogP contribution in [0, 0.1) is 39.9 Å². The van der Waals surface area contributed by atoms with Crippen molar-refractivity contribution in [3.63, 3.8) is 0 Å². The quantitative estimate of drug-likeness (QED) is 0.0289. The van der Waals surface area contributed by atoms with E-state index >= 15 is 0 Å². The van der Waals surface area contributed by atoms with Crippen LogP contribution in [-0.4, -0.2) is 410 Å². The van der Waals surface area contributed by atoms with Crippen LogP contribution in [0.2, 0.25) is 0 Å². The van der Waals surface area contributed by atoms with Gasteiger partial charge < -0.3 is 154 Å². The minimum Gasteiger partial charge on any atom is -0.489 e. The van der Waals surface area contributed by atoms with Crippen molar-refractivity contribution in [3.05, 3.63) is 59.2 Å². The molecule has 6 N–H and O–H groups in total. The molecule has 1 radical (unpaired) electrons. The van der Waals surface area contributed by atoms with Crippen LogP contribution in [0.3, 0.4) is 0 Å². The molecule has 0 unspecified atom stereocenters. The molecule has 119 heavy (non-hydrogen) atoms. The van der Waals surface area contributed by atoms with Crippen molar-refractivity contribution in [2.45, 2.75) is 19.8 Å². The molecule has 0 saturated heterocycles. The third-order valence-electron chi connectivity index (χ3n) is 15.3. The van der Waals surface area contributed by atoms with Gasteiger partial charge in [0.25, 0.3) is 0 Å². The van der Waals surface area contributed by atoms with Crippen molar-refractivity contribution < 1.29 is 247 Å². The Bertz CT molecular complexity index is 2770. The van der Waals surface area contributed by atoms with Gasteiger partial charge in [-0.15, -0.1) is 0 Å². The molecule has 0 aliphatic carbocycles. The van der Waals surface area contributed by atoms with Crippen molar-refractivity contribution in [2.75, 3.05) is 339 Å². The summed E-state index contributed by atoms with van der Waals surface area (Å²) < 4.78 is 156. The van der Waals surface area contributed by atoms with Gasteiger partial charge in [0, 0.05) is 74.9 Å².